The van der Waals surface area contributed by atoms with Gasteiger partial charge in [-0.3, -0.25) is 5.43 Å². The number of carboxylic acids is 1. The summed E-state index contributed by atoms with van der Waals surface area (Å²) in [5, 5.41) is 17.2. The van der Waals surface area contributed by atoms with E-state index in [9.17, 15) is 9.90 Å². The van der Waals surface area contributed by atoms with Gasteiger partial charge in [0.1, 0.15) is 5.76 Å². The van der Waals surface area contributed by atoms with Gasteiger partial charge in [-0.1, -0.05) is 30.3 Å². The minimum absolute atomic E-state index is 0.00633. The summed E-state index contributed by atoms with van der Waals surface area (Å²) < 4.78 is 5.49. The molecule has 1 aliphatic carbocycles. The van der Waals surface area contributed by atoms with E-state index in [4.69, 9.17) is 16.6 Å². The second-order valence-corrected chi connectivity index (χ2v) is 6.58. The van der Waals surface area contributed by atoms with Gasteiger partial charge in [-0.05, 0) is 44.0 Å². The van der Waals surface area contributed by atoms with Crippen molar-refractivity contribution < 1.29 is 14.3 Å². The standard InChI is InChI=1S/C19H21N3O3S/c1-12-16-14(8-5-9-15(16)25-17(12)18(23)24)21-22-19(26)20-11-10-13-6-3-2-4-7-13/h2-4,6-7H,5,8-11H2,1H3,(H,23,24)(H2,20,22,26)/b21-14+. The summed E-state index contributed by atoms with van der Waals surface area (Å²) in [6.45, 7) is 2.46. The van der Waals surface area contributed by atoms with Crippen LogP contribution < -0.4 is 10.7 Å². The monoisotopic (exact) mass is 371 g/mol. The van der Waals surface area contributed by atoms with Gasteiger partial charge in [0.15, 0.2) is 5.11 Å². The molecule has 0 saturated carbocycles. The third-order valence-corrected chi connectivity index (χ3v) is 4.59. The maximum atomic E-state index is 11.3. The number of nitrogens with zero attached hydrogens (tertiary/aromatic N) is 1. The van der Waals surface area contributed by atoms with Gasteiger partial charge in [0, 0.05) is 24.1 Å². The van der Waals surface area contributed by atoms with Gasteiger partial charge in [0.2, 0.25) is 5.76 Å². The third-order valence-electron chi connectivity index (χ3n) is 4.35. The molecule has 26 heavy (non-hydrogen) atoms. The molecule has 0 unspecified atom stereocenters. The van der Waals surface area contributed by atoms with E-state index in [0.717, 1.165) is 37.0 Å². The van der Waals surface area contributed by atoms with Crippen molar-refractivity contribution in [3.8, 4) is 0 Å². The summed E-state index contributed by atoms with van der Waals surface area (Å²) in [6, 6.07) is 10.2. The first-order valence-corrected chi connectivity index (χ1v) is 8.97. The molecular weight excluding hydrogens is 350 g/mol. The maximum absolute atomic E-state index is 11.3. The fraction of sp³-hybridized carbons (Fsp3) is 0.316. The number of aryl methyl sites for hydroxylation is 1. The van der Waals surface area contributed by atoms with Crippen molar-refractivity contribution in [2.24, 2.45) is 5.10 Å². The quantitative estimate of drug-likeness (QED) is 0.553. The lowest BCUT2D eigenvalue weighted by Crippen LogP contribution is -2.34. The molecule has 136 valence electrons. The van der Waals surface area contributed by atoms with Crippen LogP contribution >= 0.6 is 12.2 Å². The lowest BCUT2D eigenvalue weighted by Gasteiger charge is -2.14. The van der Waals surface area contributed by atoms with Crippen molar-refractivity contribution in [2.45, 2.75) is 32.6 Å². The van der Waals surface area contributed by atoms with E-state index < -0.39 is 5.97 Å². The molecule has 1 aliphatic rings. The number of carboxylic acid groups (broad SMARTS) is 1. The van der Waals surface area contributed by atoms with Gasteiger partial charge in [0.05, 0.1) is 5.71 Å². The molecule has 0 saturated heterocycles. The Morgan fingerprint density at radius 2 is 2.08 bits per heavy atom. The Labute approximate surface area is 157 Å². The molecule has 1 aromatic heterocycles. The predicted molar refractivity (Wildman–Crippen MR) is 104 cm³/mol. The Kier molecular flexibility index (Phi) is 5.68. The highest BCUT2D eigenvalue weighted by Crippen LogP contribution is 2.29. The number of thiocarbonyl (C=S) groups is 1. The van der Waals surface area contributed by atoms with Crippen LogP contribution in [-0.4, -0.2) is 28.4 Å². The van der Waals surface area contributed by atoms with E-state index in [1.807, 2.05) is 18.2 Å². The second-order valence-electron chi connectivity index (χ2n) is 6.17. The molecule has 3 N–H and O–H groups in total. The highest BCUT2D eigenvalue weighted by molar-refractivity contribution is 7.80. The molecule has 0 amide bonds. The summed E-state index contributed by atoms with van der Waals surface area (Å²) in [5.41, 5.74) is 6.31. The van der Waals surface area contributed by atoms with Gasteiger partial charge < -0.3 is 14.8 Å². The average Bonchev–Trinajstić information content (AvgIpc) is 2.99. The number of aromatic carboxylic acids is 1. The van der Waals surface area contributed by atoms with Crippen LogP contribution in [-0.2, 0) is 12.8 Å². The Bertz CT molecular complexity index is 843. The van der Waals surface area contributed by atoms with Crippen LogP contribution in [0.15, 0.2) is 39.9 Å². The highest BCUT2D eigenvalue weighted by Gasteiger charge is 2.27. The summed E-state index contributed by atoms with van der Waals surface area (Å²) in [7, 11) is 0. The third kappa shape index (κ3) is 4.11. The second kappa shape index (κ2) is 8.14. The number of fused-ring (bicyclic) bond motifs is 1. The van der Waals surface area contributed by atoms with Crippen molar-refractivity contribution in [1.82, 2.24) is 10.7 Å². The van der Waals surface area contributed by atoms with E-state index in [1.165, 1.54) is 5.56 Å². The maximum Gasteiger partial charge on any atom is 0.372 e. The van der Waals surface area contributed by atoms with Crippen molar-refractivity contribution in [3.05, 3.63) is 58.5 Å². The van der Waals surface area contributed by atoms with E-state index in [-0.39, 0.29) is 5.76 Å². The van der Waals surface area contributed by atoms with E-state index in [0.29, 0.717) is 23.0 Å². The first-order valence-electron chi connectivity index (χ1n) is 8.56. The minimum atomic E-state index is -1.05. The van der Waals surface area contributed by atoms with Gasteiger partial charge in [0.25, 0.3) is 0 Å². The SMILES string of the molecule is Cc1c(C(=O)O)oc2c1/C(=N/NC(=S)NCCc1ccccc1)CCC2. The molecule has 7 heteroatoms. The summed E-state index contributed by atoms with van der Waals surface area (Å²) in [6.07, 6.45) is 3.22. The number of benzene rings is 1. The van der Waals surface area contributed by atoms with Gasteiger partial charge in [-0.25, -0.2) is 4.79 Å². The van der Waals surface area contributed by atoms with Crippen molar-refractivity contribution >= 4 is 29.0 Å². The predicted octanol–water partition coefficient (Wildman–Crippen LogP) is 3.03. The summed E-state index contributed by atoms with van der Waals surface area (Å²) >= 11 is 5.27. The number of furan rings is 1. The van der Waals surface area contributed by atoms with Gasteiger partial charge in [-0.2, -0.15) is 5.10 Å². The number of hydrogen-bond donors (Lipinski definition) is 3. The Morgan fingerprint density at radius 3 is 2.81 bits per heavy atom. The van der Waals surface area contributed by atoms with Crippen LogP contribution in [0.2, 0.25) is 0 Å². The van der Waals surface area contributed by atoms with E-state index in [1.54, 1.807) is 6.92 Å². The first-order chi connectivity index (χ1) is 12.6. The Balaban J connectivity index is 1.61. The molecule has 0 bridgehead atoms. The zero-order valence-electron chi connectivity index (χ0n) is 14.5. The van der Waals surface area contributed by atoms with E-state index in [2.05, 4.69) is 28.0 Å². The molecule has 6 nitrogen and oxygen atoms in total. The van der Waals surface area contributed by atoms with Crippen molar-refractivity contribution in [2.75, 3.05) is 6.54 Å². The lowest BCUT2D eigenvalue weighted by molar-refractivity contribution is 0.0659. The normalized spacial score (nSPS) is 14.7. The molecule has 2 aromatic rings. The molecule has 0 radical (unpaired) electrons. The number of hydrazone groups is 1. The van der Waals surface area contributed by atoms with Crippen LogP contribution in [0, 0.1) is 6.92 Å². The smallest absolute Gasteiger partial charge is 0.372 e. The first kappa shape index (κ1) is 18.1. The van der Waals surface area contributed by atoms with Gasteiger partial charge in [-0.15, -0.1) is 0 Å². The van der Waals surface area contributed by atoms with Crippen molar-refractivity contribution in [1.29, 1.82) is 0 Å². The van der Waals surface area contributed by atoms with Crippen LogP contribution in [0.1, 0.15) is 45.8 Å². The van der Waals surface area contributed by atoms with E-state index >= 15 is 0 Å². The molecule has 1 heterocycles. The highest BCUT2D eigenvalue weighted by atomic mass is 32.1. The topological polar surface area (TPSA) is 86.9 Å². The molecule has 0 atom stereocenters. The number of hydrogen-bond acceptors (Lipinski definition) is 4. The molecular formula is C19H21N3O3S. The van der Waals surface area contributed by atoms with Crippen LogP contribution in [0.3, 0.4) is 0 Å². The molecule has 1 aromatic carbocycles. The molecule has 3 rings (SSSR count). The summed E-state index contributed by atoms with van der Waals surface area (Å²) in [4.78, 5) is 11.3. The average molecular weight is 371 g/mol. The number of carbonyl (C=O) groups is 1. The molecule has 0 fully saturated rings. The molecule has 0 spiro atoms. The summed E-state index contributed by atoms with van der Waals surface area (Å²) in [5.74, 6) is -0.370. The van der Waals surface area contributed by atoms with Crippen molar-refractivity contribution in [3.63, 3.8) is 0 Å². The number of rotatable bonds is 5. The fourth-order valence-corrected chi connectivity index (χ4v) is 3.25. The largest absolute Gasteiger partial charge is 0.475 e. The Hall–Kier alpha value is -2.67. The lowest BCUT2D eigenvalue weighted by atomic mass is 9.93. The Morgan fingerprint density at radius 1 is 1.31 bits per heavy atom. The van der Waals surface area contributed by atoms with Crippen LogP contribution in [0.4, 0.5) is 0 Å². The minimum Gasteiger partial charge on any atom is -0.475 e. The van der Waals surface area contributed by atoms with Crippen LogP contribution in [0.25, 0.3) is 0 Å². The van der Waals surface area contributed by atoms with Crippen LogP contribution in [0.5, 0.6) is 0 Å². The fourth-order valence-electron chi connectivity index (χ4n) is 3.11. The number of nitrogens with one attached hydrogen (secondary N) is 2. The zero-order valence-corrected chi connectivity index (χ0v) is 15.4. The zero-order chi connectivity index (χ0) is 18.5. The molecule has 0 aliphatic heterocycles. The van der Waals surface area contributed by atoms with Gasteiger partial charge >= 0.3 is 5.97 Å².